The quantitative estimate of drug-likeness (QED) is 0.760. The molecule has 0 N–H and O–H groups in total. The van der Waals surface area contributed by atoms with Crippen LogP contribution in [-0.4, -0.2) is 25.7 Å². The Balaban J connectivity index is 1.78. The lowest BCUT2D eigenvalue weighted by Crippen LogP contribution is -2.20. The molecule has 17 heavy (non-hydrogen) atoms. The van der Waals surface area contributed by atoms with Crippen molar-refractivity contribution >= 4 is 15.6 Å². The third-order valence-electron chi connectivity index (χ3n) is 4.17. The lowest BCUT2D eigenvalue weighted by Gasteiger charge is -2.11. The molecule has 0 radical (unpaired) electrons. The molecule has 0 amide bonds. The minimum Gasteiger partial charge on any atom is -0.299 e. The van der Waals surface area contributed by atoms with Gasteiger partial charge in [-0.25, -0.2) is 8.42 Å². The van der Waals surface area contributed by atoms with Gasteiger partial charge in [0.15, 0.2) is 9.84 Å². The second-order valence-electron chi connectivity index (χ2n) is 5.61. The molecule has 1 atom stereocenters. The van der Waals surface area contributed by atoms with E-state index in [1.165, 1.54) is 12.8 Å². The summed E-state index contributed by atoms with van der Waals surface area (Å²) < 4.78 is 23.9. The summed E-state index contributed by atoms with van der Waals surface area (Å²) in [6.45, 7) is 0. The molecule has 4 heteroatoms. The van der Waals surface area contributed by atoms with Gasteiger partial charge in [0, 0.05) is 12.3 Å². The molecule has 2 saturated carbocycles. The van der Waals surface area contributed by atoms with E-state index in [2.05, 4.69) is 0 Å². The van der Waals surface area contributed by atoms with Crippen LogP contribution in [0.1, 0.15) is 51.4 Å². The van der Waals surface area contributed by atoms with Crippen LogP contribution in [0, 0.1) is 11.8 Å². The van der Waals surface area contributed by atoms with Gasteiger partial charge < -0.3 is 0 Å². The van der Waals surface area contributed by atoms with Crippen molar-refractivity contribution in [1.82, 2.24) is 0 Å². The molecule has 0 aromatic rings. The summed E-state index contributed by atoms with van der Waals surface area (Å²) in [6.07, 6.45) is 7.58. The highest BCUT2D eigenvalue weighted by Crippen LogP contribution is 2.28. The molecule has 0 aromatic heterocycles. The van der Waals surface area contributed by atoms with E-state index in [0.717, 1.165) is 25.7 Å². The van der Waals surface area contributed by atoms with Crippen LogP contribution in [0.5, 0.6) is 0 Å². The largest absolute Gasteiger partial charge is 0.299 e. The molecule has 98 valence electrons. The van der Waals surface area contributed by atoms with Gasteiger partial charge in [-0.1, -0.05) is 12.8 Å². The average molecular weight is 258 g/mol. The molecule has 1 unspecified atom stereocenters. The maximum atomic E-state index is 11.9. The number of carbonyl (C=O) groups excluding carboxylic acids is 1. The van der Waals surface area contributed by atoms with Crippen molar-refractivity contribution in [3.63, 3.8) is 0 Å². The Morgan fingerprint density at radius 3 is 2.35 bits per heavy atom. The van der Waals surface area contributed by atoms with Gasteiger partial charge in [-0.2, -0.15) is 0 Å². The van der Waals surface area contributed by atoms with Crippen molar-refractivity contribution in [2.45, 2.75) is 51.4 Å². The molecule has 2 fully saturated rings. The Bertz CT molecular complexity index is 366. The molecule has 2 rings (SSSR count). The first-order valence-corrected chi connectivity index (χ1v) is 8.62. The summed E-state index contributed by atoms with van der Waals surface area (Å²) >= 11 is 0. The highest BCUT2D eigenvalue weighted by molar-refractivity contribution is 7.91. The van der Waals surface area contributed by atoms with E-state index in [1.807, 2.05) is 0 Å². The average Bonchev–Trinajstić information content (AvgIpc) is 2.87. The fraction of sp³-hybridized carbons (Fsp3) is 0.923. The van der Waals surface area contributed by atoms with Crippen molar-refractivity contribution in [2.75, 3.05) is 11.5 Å². The smallest absolute Gasteiger partial charge is 0.150 e. The molecule has 0 heterocycles. The SMILES string of the molecule is O=C1CCCC1CCS(=O)(=O)CC1CCCC1. The Labute approximate surface area is 104 Å². The normalized spacial score (nSPS) is 26.8. The number of sulfone groups is 1. The predicted molar refractivity (Wildman–Crippen MR) is 67.6 cm³/mol. The molecule has 3 nitrogen and oxygen atoms in total. The van der Waals surface area contributed by atoms with Crippen LogP contribution in [0.15, 0.2) is 0 Å². The van der Waals surface area contributed by atoms with E-state index < -0.39 is 9.84 Å². The number of Topliss-reactive ketones (excluding diaryl/α,β-unsaturated/α-hetero) is 1. The molecule has 0 saturated heterocycles. The lowest BCUT2D eigenvalue weighted by molar-refractivity contribution is -0.120. The highest BCUT2D eigenvalue weighted by atomic mass is 32.2. The third-order valence-corrected chi connectivity index (χ3v) is 6.01. The monoisotopic (exact) mass is 258 g/mol. The van der Waals surface area contributed by atoms with Gasteiger partial charge in [0.1, 0.15) is 5.78 Å². The summed E-state index contributed by atoms with van der Waals surface area (Å²) in [5.41, 5.74) is 0. The first kappa shape index (κ1) is 13.1. The van der Waals surface area contributed by atoms with Crippen molar-refractivity contribution in [3.05, 3.63) is 0 Å². The minimum atomic E-state index is -2.93. The second kappa shape index (κ2) is 5.51. The van der Waals surface area contributed by atoms with Crippen LogP contribution in [0.25, 0.3) is 0 Å². The van der Waals surface area contributed by atoms with E-state index in [0.29, 0.717) is 24.5 Å². The molecular weight excluding hydrogens is 236 g/mol. The van der Waals surface area contributed by atoms with E-state index in [4.69, 9.17) is 0 Å². The van der Waals surface area contributed by atoms with Crippen LogP contribution in [0.2, 0.25) is 0 Å². The Kier molecular flexibility index (Phi) is 4.23. The molecule has 2 aliphatic rings. The van der Waals surface area contributed by atoms with Crippen LogP contribution >= 0.6 is 0 Å². The van der Waals surface area contributed by atoms with E-state index in [1.54, 1.807) is 0 Å². The molecule has 0 aromatic carbocycles. The number of hydrogen-bond acceptors (Lipinski definition) is 3. The van der Waals surface area contributed by atoms with Gasteiger partial charge in [-0.15, -0.1) is 0 Å². The van der Waals surface area contributed by atoms with Crippen molar-refractivity contribution in [3.8, 4) is 0 Å². The topological polar surface area (TPSA) is 51.2 Å². The Hall–Kier alpha value is -0.380. The van der Waals surface area contributed by atoms with Gasteiger partial charge in [0.2, 0.25) is 0 Å². The number of rotatable bonds is 5. The molecule has 0 aliphatic heterocycles. The molecule has 0 bridgehead atoms. The molecule has 2 aliphatic carbocycles. The summed E-state index contributed by atoms with van der Waals surface area (Å²) in [6, 6.07) is 0. The van der Waals surface area contributed by atoms with Crippen molar-refractivity contribution in [1.29, 1.82) is 0 Å². The first-order valence-electron chi connectivity index (χ1n) is 6.80. The number of ketones is 1. The maximum Gasteiger partial charge on any atom is 0.150 e. The van der Waals surface area contributed by atoms with Gasteiger partial charge >= 0.3 is 0 Å². The van der Waals surface area contributed by atoms with Gasteiger partial charge in [-0.3, -0.25) is 4.79 Å². The predicted octanol–water partition coefficient (Wildman–Crippen LogP) is 2.35. The third kappa shape index (κ3) is 3.80. The van der Waals surface area contributed by atoms with E-state index in [-0.39, 0.29) is 17.5 Å². The maximum absolute atomic E-state index is 11.9. The summed E-state index contributed by atoms with van der Waals surface area (Å²) in [5.74, 6) is 1.28. The fourth-order valence-electron chi connectivity index (χ4n) is 3.13. The van der Waals surface area contributed by atoms with Crippen molar-refractivity contribution in [2.24, 2.45) is 11.8 Å². The van der Waals surface area contributed by atoms with Crippen LogP contribution < -0.4 is 0 Å². The Morgan fingerprint density at radius 2 is 1.76 bits per heavy atom. The van der Waals surface area contributed by atoms with E-state index in [9.17, 15) is 13.2 Å². The van der Waals surface area contributed by atoms with Crippen LogP contribution in [0.3, 0.4) is 0 Å². The molecular formula is C13H22O3S. The zero-order chi connectivity index (χ0) is 12.3. The fourth-order valence-corrected chi connectivity index (χ4v) is 5.00. The zero-order valence-electron chi connectivity index (χ0n) is 10.4. The number of hydrogen-bond donors (Lipinski definition) is 0. The second-order valence-corrected chi connectivity index (χ2v) is 7.84. The zero-order valence-corrected chi connectivity index (χ0v) is 11.2. The lowest BCUT2D eigenvalue weighted by atomic mass is 10.1. The standard InChI is InChI=1S/C13H22O3S/c14-13-7-3-6-12(13)8-9-17(15,16)10-11-4-1-2-5-11/h11-12H,1-10H2. The molecule has 0 spiro atoms. The van der Waals surface area contributed by atoms with Crippen LogP contribution in [0.4, 0.5) is 0 Å². The highest BCUT2D eigenvalue weighted by Gasteiger charge is 2.27. The van der Waals surface area contributed by atoms with Gasteiger partial charge in [0.25, 0.3) is 0 Å². The van der Waals surface area contributed by atoms with E-state index >= 15 is 0 Å². The number of carbonyl (C=O) groups is 1. The summed E-state index contributed by atoms with van der Waals surface area (Å²) in [7, 11) is -2.93. The summed E-state index contributed by atoms with van der Waals surface area (Å²) in [5, 5.41) is 0. The summed E-state index contributed by atoms with van der Waals surface area (Å²) in [4.78, 5) is 11.4. The van der Waals surface area contributed by atoms with Gasteiger partial charge in [0.05, 0.1) is 11.5 Å². The first-order chi connectivity index (χ1) is 8.07. The van der Waals surface area contributed by atoms with Crippen LogP contribution in [-0.2, 0) is 14.6 Å². The Morgan fingerprint density at radius 1 is 1.06 bits per heavy atom. The van der Waals surface area contributed by atoms with Crippen molar-refractivity contribution < 1.29 is 13.2 Å². The van der Waals surface area contributed by atoms with Gasteiger partial charge in [-0.05, 0) is 38.0 Å². The minimum absolute atomic E-state index is 0.0355.